The van der Waals surface area contributed by atoms with Gasteiger partial charge in [-0.1, -0.05) is 12.1 Å². The maximum atomic E-state index is 11.7. The van der Waals surface area contributed by atoms with Crippen molar-refractivity contribution in [3.63, 3.8) is 0 Å². The van der Waals surface area contributed by atoms with Crippen LogP contribution in [0.2, 0.25) is 0 Å². The number of amides is 1. The predicted molar refractivity (Wildman–Crippen MR) is 68.1 cm³/mol. The van der Waals surface area contributed by atoms with Crippen molar-refractivity contribution >= 4 is 34.5 Å². The molecule has 1 aromatic carbocycles. The van der Waals surface area contributed by atoms with Crippen LogP contribution in [0.25, 0.3) is 0 Å². The van der Waals surface area contributed by atoms with Gasteiger partial charge >= 0.3 is 5.97 Å². The Hall–Kier alpha value is -1.11. The van der Waals surface area contributed by atoms with Crippen LogP contribution >= 0.6 is 22.6 Å². The molecule has 0 heterocycles. The molecule has 0 radical (unpaired) electrons. The van der Waals surface area contributed by atoms with Gasteiger partial charge in [-0.2, -0.15) is 0 Å². The van der Waals surface area contributed by atoms with E-state index in [0.29, 0.717) is 5.56 Å². The van der Waals surface area contributed by atoms with Crippen LogP contribution in [-0.4, -0.2) is 25.5 Å². The zero-order chi connectivity index (χ0) is 12.0. The molecule has 0 fully saturated rings. The van der Waals surface area contributed by atoms with Gasteiger partial charge in [0.05, 0.1) is 19.1 Å². The SMILES string of the molecule is COC(=O)CCNC(=O)c1ccccc1I. The summed E-state index contributed by atoms with van der Waals surface area (Å²) < 4.78 is 5.35. The molecule has 0 unspecified atom stereocenters. The van der Waals surface area contributed by atoms with Crippen molar-refractivity contribution in [2.24, 2.45) is 0 Å². The van der Waals surface area contributed by atoms with Gasteiger partial charge in [0.25, 0.3) is 5.91 Å². The van der Waals surface area contributed by atoms with Gasteiger partial charge in [0.2, 0.25) is 0 Å². The zero-order valence-electron chi connectivity index (χ0n) is 8.83. The van der Waals surface area contributed by atoms with Crippen LogP contribution in [-0.2, 0) is 9.53 Å². The van der Waals surface area contributed by atoms with Crippen LogP contribution in [0.5, 0.6) is 0 Å². The number of rotatable bonds is 4. The van der Waals surface area contributed by atoms with E-state index < -0.39 is 0 Å². The smallest absolute Gasteiger partial charge is 0.307 e. The normalized spacial score (nSPS) is 9.62. The summed E-state index contributed by atoms with van der Waals surface area (Å²) in [7, 11) is 1.32. The third kappa shape index (κ3) is 3.80. The third-order valence-corrected chi connectivity index (χ3v) is 2.90. The molecule has 0 atom stereocenters. The van der Waals surface area contributed by atoms with Crippen molar-refractivity contribution in [3.05, 3.63) is 33.4 Å². The van der Waals surface area contributed by atoms with Crippen LogP contribution in [0.4, 0.5) is 0 Å². The van der Waals surface area contributed by atoms with Gasteiger partial charge < -0.3 is 10.1 Å². The molecule has 0 aliphatic carbocycles. The van der Waals surface area contributed by atoms with E-state index in [2.05, 4.69) is 32.6 Å². The lowest BCUT2D eigenvalue weighted by molar-refractivity contribution is -0.140. The van der Waals surface area contributed by atoms with Gasteiger partial charge in [-0.25, -0.2) is 0 Å². The Morgan fingerprint density at radius 3 is 2.69 bits per heavy atom. The van der Waals surface area contributed by atoms with E-state index in [-0.39, 0.29) is 24.8 Å². The average molecular weight is 333 g/mol. The highest BCUT2D eigenvalue weighted by molar-refractivity contribution is 14.1. The third-order valence-electron chi connectivity index (χ3n) is 1.96. The first kappa shape index (κ1) is 13.0. The zero-order valence-corrected chi connectivity index (χ0v) is 11.0. The summed E-state index contributed by atoms with van der Waals surface area (Å²) >= 11 is 2.10. The number of hydrogen-bond acceptors (Lipinski definition) is 3. The van der Waals surface area contributed by atoms with E-state index in [1.807, 2.05) is 12.1 Å². The molecule has 16 heavy (non-hydrogen) atoms. The summed E-state index contributed by atoms with van der Waals surface area (Å²) in [6, 6.07) is 7.27. The second-order valence-electron chi connectivity index (χ2n) is 3.06. The highest BCUT2D eigenvalue weighted by Gasteiger charge is 2.09. The number of hydrogen-bond donors (Lipinski definition) is 1. The summed E-state index contributed by atoms with van der Waals surface area (Å²) in [6.45, 7) is 0.288. The summed E-state index contributed by atoms with van der Waals surface area (Å²) in [5, 5.41) is 2.66. The van der Waals surface area contributed by atoms with E-state index >= 15 is 0 Å². The minimum absolute atomic E-state index is 0.172. The molecule has 0 saturated heterocycles. The fourth-order valence-electron chi connectivity index (χ4n) is 1.12. The molecule has 0 bridgehead atoms. The largest absolute Gasteiger partial charge is 0.469 e. The molecule has 86 valence electrons. The maximum Gasteiger partial charge on any atom is 0.307 e. The number of halogens is 1. The van der Waals surface area contributed by atoms with Crippen molar-refractivity contribution < 1.29 is 14.3 Å². The Morgan fingerprint density at radius 1 is 1.38 bits per heavy atom. The molecule has 0 spiro atoms. The van der Waals surface area contributed by atoms with Gasteiger partial charge in [0.1, 0.15) is 0 Å². The number of benzene rings is 1. The Kier molecular flexibility index (Phi) is 5.24. The Labute approximate surface area is 108 Å². The van der Waals surface area contributed by atoms with Gasteiger partial charge in [0.15, 0.2) is 0 Å². The van der Waals surface area contributed by atoms with Crippen molar-refractivity contribution in [1.29, 1.82) is 0 Å². The molecule has 0 aliphatic rings. The van der Waals surface area contributed by atoms with Crippen LogP contribution < -0.4 is 5.32 Å². The van der Waals surface area contributed by atoms with Gasteiger partial charge in [-0.3, -0.25) is 9.59 Å². The Balaban J connectivity index is 2.47. The lowest BCUT2D eigenvalue weighted by Gasteiger charge is -2.05. The van der Waals surface area contributed by atoms with Crippen LogP contribution in [0.3, 0.4) is 0 Å². The monoisotopic (exact) mass is 333 g/mol. The quantitative estimate of drug-likeness (QED) is 0.672. The number of carbonyl (C=O) groups is 2. The topological polar surface area (TPSA) is 55.4 Å². The van der Waals surface area contributed by atoms with Gasteiger partial charge in [0, 0.05) is 10.1 Å². The molecule has 1 rings (SSSR count). The molecule has 1 N–H and O–H groups in total. The minimum Gasteiger partial charge on any atom is -0.469 e. The Bertz CT molecular complexity index is 393. The summed E-state index contributed by atoms with van der Waals surface area (Å²) in [4.78, 5) is 22.5. The second-order valence-corrected chi connectivity index (χ2v) is 4.22. The fourth-order valence-corrected chi connectivity index (χ4v) is 1.75. The molecule has 0 aliphatic heterocycles. The van der Waals surface area contributed by atoms with E-state index in [4.69, 9.17) is 0 Å². The van der Waals surface area contributed by atoms with Crippen LogP contribution in [0, 0.1) is 3.57 Å². The molecular weight excluding hydrogens is 321 g/mol. The lowest BCUT2D eigenvalue weighted by atomic mass is 10.2. The first-order valence-corrected chi connectivity index (χ1v) is 5.82. The molecule has 5 heteroatoms. The summed E-state index contributed by atoms with van der Waals surface area (Å²) in [5.41, 5.74) is 0.618. The van der Waals surface area contributed by atoms with Crippen molar-refractivity contribution in [2.75, 3.05) is 13.7 Å². The van der Waals surface area contributed by atoms with E-state index in [1.54, 1.807) is 12.1 Å². The molecule has 1 amide bonds. The minimum atomic E-state index is -0.331. The van der Waals surface area contributed by atoms with E-state index in [1.165, 1.54) is 7.11 Å². The number of carbonyl (C=O) groups excluding carboxylic acids is 2. The summed E-state index contributed by atoms with van der Waals surface area (Å²) in [5.74, 6) is -0.503. The average Bonchev–Trinajstić information content (AvgIpc) is 2.29. The molecular formula is C11H12INO3. The van der Waals surface area contributed by atoms with Crippen molar-refractivity contribution in [1.82, 2.24) is 5.32 Å². The van der Waals surface area contributed by atoms with Crippen molar-refractivity contribution in [3.8, 4) is 0 Å². The fraction of sp³-hybridized carbons (Fsp3) is 0.273. The van der Waals surface area contributed by atoms with Gasteiger partial charge in [-0.15, -0.1) is 0 Å². The molecule has 1 aromatic rings. The number of esters is 1. The van der Waals surface area contributed by atoms with Crippen molar-refractivity contribution in [2.45, 2.75) is 6.42 Å². The maximum absolute atomic E-state index is 11.7. The number of nitrogens with one attached hydrogen (secondary N) is 1. The highest BCUT2D eigenvalue weighted by atomic mass is 127. The molecule has 4 nitrogen and oxygen atoms in total. The van der Waals surface area contributed by atoms with Gasteiger partial charge in [-0.05, 0) is 34.7 Å². The number of ether oxygens (including phenoxy) is 1. The van der Waals surface area contributed by atoms with Crippen LogP contribution in [0.1, 0.15) is 16.8 Å². The van der Waals surface area contributed by atoms with Crippen LogP contribution in [0.15, 0.2) is 24.3 Å². The highest BCUT2D eigenvalue weighted by Crippen LogP contribution is 2.10. The first-order chi connectivity index (χ1) is 7.65. The molecule has 0 aromatic heterocycles. The predicted octanol–water partition coefficient (Wildman–Crippen LogP) is 1.58. The van der Waals surface area contributed by atoms with E-state index in [9.17, 15) is 9.59 Å². The first-order valence-electron chi connectivity index (χ1n) is 4.74. The number of methoxy groups -OCH3 is 1. The Morgan fingerprint density at radius 2 is 2.06 bits per heavy atom. The standard InChI is InChI=1S/C11H12INO3/c1-16-10(14)6-7-13-11(15)8-4-2-3-5-9(8)12/h2-5H,6-7H2,1H3,(H,13,15). The lowest BCUT2D eigenvalue weighted by Crippen LogP contribution is -2.26. The van der Waals surface area contributed by atoms with E-state index in [0.717, 1.165) is 3.57 Å². The second kappa shape index (κ2) is 6.47. The summed E-state index contributed by atoms with van der Waals surface area (Å²) in [6.07, 6.45) is 0.186. The molecule has 0 saturated carbocycles.